The van der Waals surface area contributed by atoms with Crippen molar-refractivity contribution >= 4 is 0 Å². The predicted molar refractivity (Wildman–Crippen MR) is 66.2 cm³/mol. The van der Waals surface area contributed by atoms with E-state index in [0.717, 1.165) is 31.9 Å². The van der Waals surface area contributed by atoms with Gasteiger partial charge in [0.05, 0.1) is 13.2 Å². The van der Waals surface area contributed by atoms with Gasteiger partial charge >= 0.3 is 6.20 Å². The van der Waals surface area contributed by atoms with E-state index in [2.05, 4.69) is 4.98 Å². The number of allylic oxidation sites excluding steroid dienone is 1. The molecule has 0 aromatic rings. The van der Waals surface area contributed by atoms with Crippen LogP contribution in [0.2, 0.25) is 0 Å². The summed E-state index contributed by atoms with van der Waals surface area (Å²) < 4.78 is 11.7. The molecule has 1 saturated carbocycles. The number of aliphatic hydroxyl groups is 1. The lowest BCUT2D eigenvalue weighted by Crippen LogP contribution is -2.38. The molecular formula is C13H21N2O3+. The molecule has 1 N–H and O–H groups in total. The zero-order valence-corrected chi connectivity index (χ0v) is 10.7. The summed E-state index contributed by atoms with van der Waals surface area (Å²) >= 11 is 0. The van der Waals surface area contributed by atoms with Crippen LogP contribution in [0.25, 0.3) is 4.98 Å². The Kier molecular flexibility index (Phi) is 4.56. The van der Waals surface area contributed by atoms with Crippen molar-refractivity contribution in [1.29, 1.82) is 5.39 Å². The molecule has 1 spiro atoms. The summed E-state index contributed by atoms with van der Waals surface area (Å²) in [7, 11) is 0. The molecule has 5 nitrogen and oxygen atoms in total. The maximum atomic E-state index is 9.51. The van der Waals surface area contributed by atoms with E-state index >= 15 is 0 Å². The third-order valence-corrected chi connectivity index (χ3v) is 3.93. The summed E-state index contributed by atoms with van der Waals surface area (Å²) in [5.41, 5.74) is 0. The monoisotopic (exact) mass is 253 g/mol. The molecule has 1 unspecified atom stereocenters. The largest absolute Gasteiger partial charge is 0.505 e. The standard InChI is InChI=1S/C13H20N2O3/c14-15-10-12(16)6-5-11-4-2-1-3-7-13(11)17-8-9-18-13/h10-11H,1-9H2/p+1/b12-10-. The number of hydrogen-bond acceptors (Lipinski definition) is 4. The highest BCUT2D eigenvalue weighted by atomic mass is 16.7. The third-order valence-electron chi connectivity index (χ3n) is 3.93. The van der Waals surface area contributed by atoms with Crippen molar-refractivity contribution in [2.24, 2.45) is 5.92 Å². The lowest BCUT2D eigenvalue weighted by molar-refractivity contribution is -0.200. The van der Waals surface area contributed by atoms with Gasteiger partial charge in [0.1, 0.15) is 0 Å². The SMILES string of the molecule is N#[N+]/C=C(\O)CCC1CCCCCC12OCCO2. The van der Waals surface area contributed by atoms with Crippen LogP contribution in [0.1, 0.15) is 44.9 Å². The van der Waals surface area contributed by atoms with Gasteiger partial charge in [-0.25, -0.2) is 0 Å². The van der Waals surface area contributed by atoms with Crippen LogP contribution in [-0.4, -0.2) is 24.1 Å². The van der Waals surface area contributed by atoms with Crippen LogP contribution in [0.3, 0.4) is 0 Å². The molecule has 1 aliphatic heterocycles. The fraction of sp³-hybridized carbons (Fsp3) is 0.846. The first-order chi connectivity index (χ1) is 8.77. The number of diazo groups is 1. The molecule has 0 aromatic carbocycles. The summed E-state index contributed by atoms with van der Waals surface area (Å²) in [4.78, 5) is 2.83. The minimum Gasteiger partial charge on any atom is -0.505 e. The third kappa shape index (κ3) is 3.01. The highest BCUT2D eigenvalue weighted by Crippen LogP contribution is 2.41. The van der Waals surface area contributed by atoms with Crippen molar-refractivity contribution in [3.8, 4) is 0 Å². The van der Waals surface area contributed by atoms with Gasteiger partial charge in [0.2, 0.25) is 5.39 Å². The summed E-state index contributed by atoms with van der Waals surface area (Å²) in [6, 6.07) is 0. The molecule has 0 aromatic heterocycles. The second-order valence-electron chi connectivity index (χ2n) is 5.08. The Labute approximate surface area is 107 Å². The predicted octanol–water partition coefficient (Wildman–Crippen LogP) is 3.34. The highest BCUT2D eigenvalue weighted by molar-refractivity contribution is 4.97. The Morgan fingerprint density at radius 2 is 2.11 bits per heavy atom. The fourth-order valence-electron chi connectivity index (χ4n) is 3.03. The second-order valence-corrected chi connectivity index (χ2v) is 5.08. The highest BCUT2D eigenvalue weighted by Gasteiger charge is 2.44. The topological polar surface area (TPSA) is 66.8 Å². The molecule has 0 radical (unpaired) electrons. The van der Waals surface area contributed by atoms with Crippen molar-refractivity contribution in [2.45, 2.75) is 50.7 Å². The van der Waals surface area contributed by atoms with E-state index in [-0.39, 0.29) is 5.76 Å². The Hall–Kier alpha value is -1.12. The number of nitrogens with zero attached hydrogens (tertiary/aromatic N) is 2. The van der Waals surface area contributed by atoms with E-state index in [9.17, 15) is 5.11 Å². The Morgan fingerprint density at radius 1 is 1.33 bits per heavy atom. The fourth-order valence-corrected chi connectivity index (χ4v) is 3.03. The molecule has 1 heterocycles. The van der Waals surface area contributed by atoms with Crippen LogP contribution in [0, 0.1) is 11.3 Å². The molecule has 1 saturated heterocycles. The van der Waals surface area contributed by atoms with Gasteiger partial charge in [-0.3, -0.25) is 0 Å². The number of hydrogen-bond donors (Lipinski definition) is 1. The Balaban J connectivity index is 1.98. The first kappa shape index (κ1) is 13.3. The van der Waals surface area contributed by atoms with Crippen LogP contribution in [0.5, 0.6) is 0 Å². The zero-order chi connectivity index (χ0) is 12.8. The van der Waals surface area contributed by atoms with Crippen molar-refractivity contribution in [3.05, 3.63) is 16.9 Å². The van der Waals surface area contributed by atoms with Crippen LogP contribution in [0.15, 0.2) is 12.0 Å². The minimum absolute atomic E-state index is 0.106. The summed E-state index contributed by atoms with van der Waals surface area (Å²) in [5, 5.41) is 17.9. The Bertz CT molecular complexity index is 343. The number of aliphatic hydroxyl groups excluding tert-OH is 1. The number of rotatable bonds is 3. The molecule has 18 heavy (non-hydrogen) atoms. The summed E-state index contributed by atoms with van der Waals surface area (Å²) in [5.74, 6) is -0.000663. The molecule has 100 valence electrons. The number of ether oxygens (including phenoxy) is 2. The van der Waals surface area contributed by atoms with E-state index in [1.807, 2.05) is 0 Å². The first-order valence-corrected chi connectivity index (χ1v) is 6.77. The van der Waals surface area contributed by atoms with Gasteiger partial charge in [0.15, 0.2) is 16.5 Å². The van der Waals surface area contributed by atoms with Crippen molar-refractivity contribution < 1.29 is 14.6 Å². The zero-order valence-electron chi connectivity index (χ0n) is 10.7. The summed E-state index contributed by atoms with van der Waals surface area (Å²) in [6.07, 6.45) is 7.97. The molecule has 2 fully saturated rings. The van der Waals surface area contributed by atoms with Crippen molar-refractivity contribution in [1.82, 2.24) is 0 Å². The van der Waals surface area contributed by atoms with Gasteiger partial charge in [0.25, 0.3) is 0 Å². The summed E-state index contributed by atoms with van der Waals surface area (Å²) in [6.45, 7) is 1.34. The smallest absolute Gasteiger partial charge is 0.387 e. The van der Waals surface area contributed by atoms with E-state index in [0.29, 0.717) is 25.6 Å². The average Bonchev–Trinajstić information content (AvgIpc) is 2.72. The molecule has 1 atom stereocenters. The van der Waals surface area contributed by atoms with Gasteiger partial charge < -0.3 is 14.6 Å². The molecule has 2 rings (SSSR count). The average molecular weight is 253 g/mol. The van der Waals surface area contributed by atoms with E-state index < -0.39 is 5.79 Å². The molecule has 0 bridgehead atoms. The lowest BCUT2D eigenvalue weighted by Gasteiger charge is -2.34. The van der Waals surface area contributed by atoms with Gasteiger partial charge in [0, 0.05) is 18.8 Å². The van der Waals surface area contributed by atoms with E-state index in [1.54, 1.807) is 0 Å². The van der Waals surface area contributed by atoms with Gasteiger partial charge in [-0.15, -0.1) is 0 Å². The minimum atomic E-state index is -0.423. The molecular weight excluding hydrogens is 232 g/mol. The quantitative estimate of drug-likeness (QED) is 0.618. The van der Waals surface area contributed by atoms with Gasteiger partial charge in [-0.2, -0.15) is 0 Å². The molecule has 2 aliphatic rings. The van der Waals surface area contributed by atoms with Gasteiger partial charge in [-0.05, 0) is 19.3 Å². The van der Waals surface area contributed by atoms with Crippen LogP contribution >= 0.6 is 0 Å². The van der Waals surface area contributed by atoms with Crippen molar-refractivity contribution in [3.63, 3.8) is 0 Å². The van der Waals surface area contributed by atoms with Gasteiger partial charge in [-0.1, -0.05) is 12.8 Å². The van der Waals surface area contributed by atoms with Crippen LogP contribution < -0.4 is 0 Å². The Morgan fingerprint density at radius 3 is 2.83 bits per heavy atom. The first-order valence-electron chi connectivity index (χ1n) is 6.77. The van der Waals surface area contributed by atoms with E-state index in [4.69, 9.17) is 14.9 Å². The maximum absolute atomic E-state index is 9.51. The second kappa shape index (κ2) is 6.17. The maximum Gasteiger partial charge on any atom is 0.387 e. The molecule has 1 aliphatic carbocycles. The molecule has 0 amide bonds. The van der Waals surface area contributed by atoms with Crippen LogP contribution in [-0.2, 0) is 9.47 Å². The van der Waals surface area contributed by atoms with E-state index in [1.165, 1.54) is 12.8 Å². The normalized spacial score (nSPS) is 27.9. The lowest BCUT2D eigenvalue weighted by atomic mass is 9.88. The molecule has 5 heteroatoms. The van der Waals surface area contributed by atoms with Crippen molar-refractivity contribution in [2.75, 3.05) is 13.2 Å². The van der Waals surface area contributed by atoms with Crippen LogP contribution in [0.4, 0.5) is 0 Å².